The summed E-state index contributed by atoms with van der Waals surface area (Å²) in [5.74, 6) is -2.99. The van der Waals surface area contributed by atoms with Crippen LogP contribution < -0.4 is 10.6 Å². The summed E-state index contributed by atoms with van der Waals surface area (Å²) in [5, 5.41) is 8.49. The molecule has 2 unspecified atom stereocenters. The molecular weight excluding hydrogens is 622 g/mol. The number of carbonyl (C=O) groups excluding carboxylic acids is 3. The molecule has 9 heteroatoms. The van der Waals surface area contributed by atoms with Crippen LogP contribution in [0.1, 0.15) is 48.8 Å². The van der Waals surface area contributed by atoms with Gasteiger partial charge in [-0.1, -0.05) is 78.9 Å². The average molecular weight is 669 g/mol. The number of rotatable bonds is 15. The van der Waals surface area contributed by atoms with E-state index in [0.29, 0.717) is 37.4 Å². The molecule has 4 aromatic rings. The maximum Gasteiger partial charge on any atom is 0.246 e. The second-order valence-corrected chi connectivity index (χ2v) is 13.0. The van der Waals surface area contributed by atoms with Crippen LogP contribution in [0.25, 0.3) is 10.8 Å². The van der Waals surface area contributed by atoms with Gasteiger partial charge in [0.15, 0.2) is 11.6 Å². The fourth-order valence-electron chi connectivity index (χ4n) is 6.61. The summed E-state index contributed by atoms with van der Waals surface area (Å²) in [5.41, 5.74) is 2.30. The molecule has 0 aromatic heterocycles. The highest BCUT2D eigenvalue weighted by atomic mass is 19.2. The Balaban J connectivity index is 1.38. The summed E-state index contributed by atoms with van der Waals surface area (Å²) in [7, 11) is 3.19. The molecule has 0 bridgehead atoms. The van der Waals surface area contributed by atoms with Crippen LogP contribution in [0.15, 0.2) is 91.0 Å². The molecule has 0 spiro atoms. The monoisotopic (exact) mass is 668 g/mol. The predicted molar refractivity (Wildman–Crippen MR) is 189 cm³/mol. The highest BCUT2D eigenvalue weighted by molar-refractivity contribution is 5.92. The maximum absolute atomic E-state index is 14.5. The first-order valence-corrected chi connectivity index (χ1v) is 17.2. The lowest BCUT2D eigenvalue weighted by Crippen LogP contribution is -2.56. The van der Waals surface area contributed by atoms with Crippen LogP contribution in [0.4, 0.5) is 8.78 Å². The molecule has 3 amide bonds. The van der Waals surface area contributed by atoms with E-state index < -0.39 is 35.5 Å². The smallest absolute Gasteiger partial charge is 0.246 e. The number of benzene rings is 4. The van der Waals surface area contributed by atoms with Gasteiger partial charge in [0.25, 0.3) is 0 Å². The van der Waals surface area contributed by atoms with Gasteiger partial charge in [0, 0.05) is 45.9 Å². The Labute approximate surface area is 287 Å². The van der Waals surface area contributed by atoms with Crippen LogP contribution in [0.2, 0.25) is 0 Å². The van der Waals surface area contributed by atoms with E-state index in [1.165, 1.54) is 15.9 Å². The Hall–Kier alpha value is -4.63. The van der Waals surface area contributed by atoms with Crippen molar-refractivity contribution in [1.82, 2.24) is 20.4 Å². The summed E-state index contributed by atoms with van der Waals surface area (Å²) in [6, 6.07) is 25.6. The molecule has 5 rings (SSSR count). The van der Waals surface area contributed by atoms with E-state index in [2.05, 4.69) is 10.6 Å². The van der Waals surface area contributed by atoms with Gasteiger partial charge in [-0.25, -0.2) is 8.78 Å². The van der Waals surface area contributed by atoms with Crippen molar-refractivity contribution in [3.8, 4) is 0 Å². The number of halogens is 2. The third kappa shape index (κ3) is 9.72. The maximum atomic E-state index is 14.5. The molecule has 7 nitrogen and oxygen atoms in total. The number of hydrogen-bond donors (Lipinski definition) is 2. The van der Waals surface area contributed by atoms with Crippen molar-refractivity contribution in [2.75, 3.05) is 27.2 Å². The van der Waals surface area contributed by atoms with Crippen LogP contribution in [-0.4, -0.2) is 72.8 Å². The SMILES string of the molecule is CN(C(=O)[C@@H](Cc1ccc2ccccc2c1)N(C)C(=O)CCCC1CCCN1)C(Cc1ccc(F)c(F)c1)C(=O)NCCc1ccccc1. The first-order chi connectivity index (χ1) is 23.7. The Bertz CT molecular complexity index is 1730. The first kappa shape index (κ1) is 35.7. The van der Waals surface area contributed by atoms with Crippen molar-refractivity contribution < 1.29 is 23.2 Å². The van der Waals surface area contributed by atoms with Crippen LogP contribution >= 0.6 is 0 Å². The predicted octanol–water partition coefficient (Wildman–Crippen LogP) is 5.84. The van der Waals surface area contributed by atoms with Gasteiger partial charge < -0.3 is 20.4 Å². The van der Waals surface area contributed by atoms with Crippen LogP contribution in [-0.2, 0) is 33.6 Å². The summed E-state index contributed by atoms with van der Waals surface area (Å²) in [6.45, 7) is 1.33. The molecule has 2 N–H and O–H groups in total. The number of likely N-dealkylation sites (N-methyl/N-ethyl adjacent to an activating group) is 2. The molecule has 3 atom stereocenters. The average Bonchev–Trinajstić information content (AvgIpc) is 3.64. The fraction of sp³-hybridized carbons (Fsp3) is 0.375. The third-order valence-corrected chi connectivity index (χ3v) is 9.58. The minimum atomic E-state index is -1.04. The summed E-state index contributed by atoms with van der Waals surface area (Å²) in [4.78, 5) is 44.8. The third-order valence-electron chi connectivity index (χ3n) is 9.58. The van der Waals surface area contributed by atoms with Gasteiger partial charge in [-0.15, -0.1) is 0 Å². The molecule has 0 aliphatic carbocycles. The molecule has 1 aliphatic rings. The molecule has 1 aliphatic heterocycles. The van der Waals surface area contributed by atoms with Crippen LogP contribution in [0.5, 0.6) is 0 Å². The zero-order valence-electron chi connectivity index (χ0n) is 28.3. The van der Waals surface area contributed by atoms with Gasteiger partial charge in [0.2, 0.25) is 17.7 Å². The first-order valence-electron chi connectivity index (χ1n) is 17.2. The zero-order chi connectivity index (χ0) is 34.8. The number of nitrogens with zero attached hydrogens (tertiary/aromatic N) is 2. The van der Waals surface area contributed by atoms with Gasteiger partial charge in [0.05, 0.1) is 0 Å². The van der Waals surface area contributed by atoms with Crippen molar-refractivity contribution in [2.45, 2.75) is 69.5 Å². The second-order valence-electron chi connectivity index (χ2n) is 13.0. The normalized spacial score (nSPS) is 15.5. The number of carbonyl (C=O) groups is 3. The summed E-state index contributed by atoms with van der Waals surface area (Å²) >= 11 is 0. The topological polar surface area (TPSA) is 81.8 Å². The number of fused-ring (bicyclic) bond motifs is 1. The van der Waals surface area contributed by atoms with Crippen molar-refractivity contribution in [3.63, 3.8) is 0 Å². The van der Waals surface area contributed by atoms with Crippen LogP contribution in [0.3, 0.4) is 0 Å². The van der Waals surface area contributed by atoms with Crippen molar-refractivity contribution in [3.05, 3.63) is 119 Å². The van der Waals surface area contributed by atoms with E-state index >= 15 is 0 Å². The summed E-state index contributed by atoms with van der Waals surface area (Å²) in [6.07, 6.45) is 4.93. The van der Waals surface area contributed by atoms with Crippen molar-refractivity contribution >= 4 is 28.5 Å². The van der Waals surface area contributed by atoms with E-state index in [4.69, 9.17) is 0 Å². The van der Waals surface area contributed by atoms with Crippen molar-refractivity contribution in [2.24, 2.45) is 0 Å². The van der Waals surface area contributed by atoms with Gasteiger partial charge in [-0.05, 0) is 78.2 Å². The molecule has 0 saturated carbocycles. The van der Waals surface area contributed by atoms with E-state index in [1.54, 1.807) is 14.1 Å². The molecule has 1 saturated heterocycles. The zero-order valence-corrected chi connectivity index (χ0v) is 28.3. The molecule has 0 radical (unpaired) electrons. The molecule has 258 valence electrons. The lowest BCUT2D eigenvalue weighted by molar-refractivity contribution is -0.147. The quantitative estimate of drug-likeness (QED) is 0.167. The highest BCUT2D eigenvalue weighted by Crippen LogP contribution is 2.21. The number of nitrogens with one attached hydrogen (secondary N) is 2. The van der Waals surface area contributed by atoms with Gasteiger partial charge in [-0.3, -0.25) is 14.4 Å². The van der Waals surface area contributed by atoms with E-state index in [9.17, 15) is 23.2 Å². The van der Waals surface area contributed by atoms with Gasteiger partial charge >= 0.3 is 0 Å². The van der Waals surface area contributed by atoms with Crippen LogP contribution in [0, 0.1) is 11.6 Å². The molecule has 4 aromatic carbocycles. The van der Waals surface area contributed by atoms with E-state index in [0.717, 1.165) is 59.8 Å². The Kier molecular flexibility index (Phi) is 12.5. The standard InChI is InChI=1S/C40H46F2N4O3/c1-45(38(47)16-8-14-33-15-9-22-43-33)37(27-29-17-19-31-12-6-7-13-32(31)24-29)40(49)46(2)36(26-30-18-20-34(41)35(42)25-30)39(48)44-23-21-28-10-4-3-5-11-28/h3-7,10-13,17-20,24-25,33,36-37,43H,8-9,14-16,21-23,26-27H2,1-2H3,(H,44,48)/t33?,36?,37-/m1/s1. The Morgan fingerprint density at radius 2 is 1.49 bits per heavy atom. The lowest BCUT2D eigenvalue weighted by Gasteiger charge is -2.35. The fourth-order valence-corrected chi connectivity index (χ4v) is 6.61. The van der Waals surface area contributed by atoms with E-state index in [1.807, 2.05) is 72.8 Å². The number of hydrogen-bond acceptors (Lipinski definition) is 4. The minimum Gasteiger partial charge on any atom is -0.354 e. The highest BCUT2D eigenvalue weighted by Gasteiger charge is 2.35. The second kappa shape index (κ2) is 17.2. The van der Waals surface area contributed by atoms with Crippen molar-refractivity contribution in [1.29, 1.82) is 0 Å². The summed E-state index contributed by atoms with van der Waals surface area (Å²) < 4.78 is 28.1. The Morgan fingerprint density at radius 3 is 2.22 bits per heavy atom. The minimum absolute atomic E-state index is 0.0364. The largest absolute Gasteiger partial charge is 0.354 e. The molecule has 1 heterocycles. The lowest BCUT2D eigenvalue weighted by atomic mass is 9.98. The molecule has 1 fully saturated rings. The van der Waals surface area contributed by atoms with Gasteiger partial charge in [-0.2, -0.15) is 0 Å². The number of amides is 3. The Morgan fingerprint density at radius 1 is 0.796 bits per heavy atom. The van der Waals surface area contributed by atoms with E-state index in [-0.39, 0.29) is 18.7 Å². The molecule has 49 heavy (non-hydrogen) atoms. The van der Waals surface area contributed by atoms with Gasteiger partial charge in [0.1, 0.15) is 12.1 Å². The molecular formula is C40H46F2N4O3.